The minimum Gasteiger partial charge on any atom is -0.295 e. The number of hydrogen-bond donors (Lipinski definition) is 0. The first-order chi connectivity index (χ1) is 13.3. The van der Waals surface area contributed by atoms with E-state index in [0.29, 0.717) is 16.6 Å². The van der Waals surface area contributed by atoms with Crippen LogP contribution in [-0.2, 0) is 4.79 Å². The second-order valence-electron chi connectivity index (χ2n) is 12.0. The van der Waals surface area contributed by atoms with Crippen LogP contribution in [0, 0.1) is 46.3 Å². The van der Waals surface area contributed by atoms with Crippen molar-refractivity contribution in [3.8, 4) is 0 Å². The summed E-state index contributed by atoms with van der Waals surface area (Å²) >= 11 is 0. The van der Waals surface area contributed by atoms with Crippen molar-refractivity contribution >= 4 is 5.78 Å². The van der Waals surface area contributed by atoms with E-state index in [0.717, 1.165) is 48.3 Å². The fraction of sp³-hybridized carbons (Fsp3) is 0.889. The van der Waals surface area contributed by atoms with E-state index in [4.69, 9.17) is 0 Å². The lowest BCUT2D eigenvalue weighted by atomic mass is 9.46. The lowest BCUT2D eigenvalue weighted by Gasteiger charge is -2.58. The smallest absolute Gasteiger partial charge is 0.155 e. The maximum atomic E-state index is 12.0. The van der Waals surface area contributed by atoms with Gasteiger partial charge in [-0.1, -0.05) is 59.5 Å². The lowest BCUT2D eigenvalue weighted by Crippen LogP contribution is -2.50. The van der Waals surface area contributed by atoms with Crippen molar-refractivity contribution in [3.05, 3.63) is 11.6 Å². The Bertz CT molecular complexity index is 630. The number of carbonyl (C=O) groups excluding carboxylic acids is 1. The van der Waals surface area contributed by atoms with Crippen LogP contribution in [-0.4, -0.2) is 5.78 Å². The van der Waals surface area contributed by atoms with Gasteiger partial charge in [0.2, 0.25) is 0 Å². The maximum Gasteiger partial charge on any atom is 0.155 e. The van der Waals surface area contributed by atoms with Gasteiger partial charge in [-0.15, -0.1) is 0 Å². The highest BCUT2D eigenvalue weighted by Crippen LogP contribution is 2.67. The van der Waals surface area contributed by atoms with Crippen molar-refractivity contribution in [2.45, 2.75) is 105 Å². The third-order valence-electron chi connectivity index (χ3n) is 10.2. The fourth-order valence-electron chi connectivity index (χ4n) is 8.58. The van der Waals surface area contributed by atoms with Gasteiger partial charge in [0, 0.05) is 6.42 Å². The number of ketones is 1. The lowest BCUT2D eigenvalue weighted by molar-refractivity contribution is -0.117. The quantitative estimate of drug-likeness (QED) is 0.477. The SMILES string of the molecule is CC(C)CCC[C@H](C)[C@H]1CC[C@H]2[C@H]3CCC4=CC(=O)CC[C@]4(C)[C@@H]3CC[C@]12C. The molecular weight excluding hydrogens is 340 g/mol. The molecule has 28 heavy (non-hydrogen) atoms. The van der Waals surface area contributed by atoms with Crippen molar-refractivity contribution in [3.63, 3.8) is 0 Å². The second-order valence-corrected chi connectivity index (χ2v) is 12.0. The molecule has 0 unspecified atom stereocenters. The average Bonchev–Trinajstić information content (AvgIpc) is 2.99. The zero-order chi connectivity index (χ0) is 20.1. The van der Waals surface area contributed by atoms with E-state index >= 15 is 0 Å². The van der Waals surface area contributed by atoms with Crippen molar-refractivity contribution in [2.75, 3.05) is 0 Å². The fourth-order valence-corrected chi connectivity index (χ4v) is 8.58. The number of hydrogen-bond acceptors (Lipinski definition) is 1. The molecule has 0 radical (unpaired) electrons. The molecule has 4 rings (SSSR count). The summed E-state index contributed by atoms with van der Waals surface area (Å²) in [6.07, 6.45) is 16.6. The Hall–Kier alpha value is -0.590. The minimum absolute atomic E-state index is 0.332. The molecule has 0 aromatic carbocycles. The van der Waals surface area contributed by atoms with Gasteiger partial charge in [-0.3, -0.25) is 4.79 Å². The first kappa shape index (κ1) is 20.7. The average molecular weight is 385 g/mol. The van der Waals surface area contributed by atoms with Crippen LogP contribution in [0.2, 0.25) is 0 Å². The van der Waals surface area contributed by atoms with Gasteiger partial charge in [0.1, 0.15) is 0 Å². The molecule has 0 bridgehead atoms. The Kier molecular flexibility index (Phi) is 5.60. The highest BCUT2D eigenvalue weighted by molar-refractivity contribution is 5.91. The van der Waals surface area contributed by atoms with Crippen molar-refractivity contribution < 1.29 is 4.79 Å². The van der Waals surface area contributed by atoms with Crippen LogP contribution in [0.1, 0.15) is 105 Å². The normalized spacial score (nSPS) is 43.9. The molecule has 0 saturated heterocycles. The number of allylic oxidation sites excluding steroid dienone is 1. The molecule has 0 spiro atoms. The molecule has 0 heterocycles. The van der Waals surface area contributed by atoms with Crippen LogP contribution in [0.4, 0.5) is 0 Å². The summed E-state index contributed by atoms with van der Waals surface area (Å²) < 4.78 is 0. The molecule has 1 nitrogen and oxygen atoms in total. The Balaban J connectivity index is 1.49. The molecule has 158 valence electrons. The summed E-state index contributed by atoms with van der Waals surface area (Å²) in [5.41, 5.74) is 2.43. The Labute approximate surface area is 174 Å². The summed E-state index contributed by atoms with van der Waals surface area (Å²) in [7, 11) is 0. The highest BCUT2D eigenvalue weighted by Gasteiger charge is 2.59. The Morgan fingerprint density at radius 1 is 0.964 bits per heavy atom. The van der Waals surface area contributed by atoms with E-state index in [-0.39, 0.29) is 0 Å². The molecule has 4 aliphatic rings. The van der Waals surface area contributed by atoms with Crippen LogP contribution < -0.4 is 0 Å². The van der Waals surface area contributed by atoms with E-state index in [1.54, 1.807) is 0 Å². The summed E-state index contributed by atoms with van der Waals surface area (Å²) in [5.74, 6) is 5.79. The van der Waals surface area contributed by atoms with E-state index in [2.05, 4.69) is 40.7 Å². The molecule has 3 saturated carbocycles. The first-order valence-corrected chi connectivity index (χ1v) is 12.5. The van der Waals surface area contributed by atoms with Gasteiger partial charge < -0.3 is 0 Å². The van der Waals surface area contributed by atoms with Gasteiger partial charge in [-0.2, -0.15) is 0 Å². The van der Waals surface area contributed by atoms with Gasteiger partial charge >= 0.3 is 0 Å². The number of fused-ring (bicyclic) bond motifs is 5. The molecule has 0 N–H and O–H groups in total. The predicted octanol–water partition coefficient (Wildman–Crippen LogP) is 7.60. The molecular formula is C27H44O. The zero-order valence-corrected chi connectivity index (χ0v) is 19.2. The Morgan fingerprint density at radius 3 is 2.50 bits per heavy atom. The molecule has 3 fully saturated rings. The molecule has 0 amide bonds. The van der Waals surface area contributed by atoms with E-state index < -0.39 is 0 Å². The van der Waals surface area contributed by atoms with Gasteiger partial charge in [0.25, 0.3) is 0 Å². The molecule has 4 aliphatic carbocycles. The molecule has 0 aliphatic heterocycles. The van der Waals surface area contributed by atoms with Crippen molar-refractivity contribution in [1.29, 1.82) is 0 Å². The van der Waals surface area contributed by atoms with Gasteiger partial charge in [0.05, 0.1) is 0 Å². The van der Waals surface area contributed by atoms with Gasteiger partial charge in [0.15, 0.2) is 5.78 Å². The largest absolute Gasteiger partial charge is 0.295 e. The van der Waals surface area contributed by atoms with Crippen LogP contribution in [0.15, 0.2) is 11.6 Å². The highest BCUT2D eigenvalue weighted by atomic mass is 16.1. The summed E-state index contributed by atoms with van der Waals surface area (Å²) in [4.78, 5) is 12.0. The molecule has 0 aromatic rings. The number of rotatable bonds is 5. The van der Waals surface area contributed by atoms with Crippen LogP contribution in [0.25, 0.3) is 0 Å². The summed E-state index contributed by atoms with van der Waals surface area (Å²) in [5, 5.41) is 0. The predicted molar refractivity (Wildman–Crippen MR) is 118 cm³/mol. The minimum atomic E-state index is 0.332. The van der Waals surface area contributed by atoms with Crippen LogP contribution in [0.5, 0.6) is 0 Å². The molecule has 1 heteroatoms. The number of carbonyl (C=O) groups is 1. The zero-order valence-electron chi connectivity index (χ0n) is 19.2. The maximum absolute atomic E-state index is 12.0. The van der Waals surface area contributed by atoms with Crippen LogP contribution >= 0.6 is 0 Å². The third-order valence-corrected chi connectivity index (χ3v) is 10.2. The molecule has 0 aromatic heterocycles. The topological polar surface area (TPSA) is 17.1 Å². The summed E-state index contributed by atoms with van der Waals surface area (Å²) in [6.45, 7) is 12.5. The monoisotopic (exact) mass is 384 g/mol. The van der Waals surface area contributed by atoms with Crippen LogP contribution in [0.3, 0.4) is 0 Å². The standard InChI is InChI=1S/C27H44O/c1-18(2)7-6-8-19(3)23-11-12-24-22-10-9-20-17-21(28)13-15-26(20,4)25(22)14-16-27(23,24)5/h17-19,22-25H,6-16H2,1-5H3/t19-,22+,23+,24-,25+,26-,27+/m0/s1. The van der Waals surface area contributed by atoms with E-state index in [1.165, 1.54) is 63.4 Å². The third kappa shape index (κ3) is 3.33. The summed E-state index contributed by atoms with van der Waals surface area (Å²) in [6, 6.07) is 0. The second kappa shape index (κ2) is 7.59. The molecule has 7 atom stereocenters. The van der Waals surface area contributed by atoms with Crippen molar-refractivity contribution in [1.82, 2.24) is 0 Å². The van der Waals surface area contributed by atoms with Gasteiger partial charge in [-0.05, 0) is 97.4 Å². The first-order valence-electron chi connectivity index (χ1n) is 12.5. The van der Waals surface area contributed by atoms with Crippen molar-refractivity contribution in [2.24, 2.45) is 46.3 Å². The van der Waals surface area contributed by atoms with Gasteiger partial charge in [-0.25, -0.2) is 0 Å². The van der Waals surface area contributed by atoms with E-state index in [9.17, 15) is 4.79 Å². The van der Waals surface area contributed by atoms with E-state index in [1.807, 2.05) is 0 Å². The Morgan fingerprint density at radius 2 is 1.75 bits per heavy atom.